The minimum atomic E-state index is -4.36. The van der Waals surface area contributed by atoms with Crippen molar-refractivity contribution in [1.82, 2.24) is 34.4 Å². The molecule has 0 atom stereocenters. The summed E-state index contributed by atoms with van der Waals surface area (Å²) in [6.45, 7) is 1.56. The minimum absolute atomic E-state index is 0.459. The summed E-state index contributed by atoms with van der Waals surface area (Å²) in [5.41, 5.74) is 5.48. The Morgan fingerprint density at radius 3 is 1.71 bits per heavy atom. The molecule has 5 aromatic rings. The Morgan fingerprint density at radius 1 is 0.735 bits per heavy atom. The predicted molar refractivity (Wildman–Crippen MR) is 123 cm³/mol. The van der Waals surface area contributed by atoms with Gasteiger partial charge in [-0.25, -0.2) is 0 Å². The highest BCUT2D eigenvalue weighted by molar-refractivity contribution is 7.12. The van der Waals surface area contributed by atoms with Gasteiger partial charge in [-0.05, 0) is 42.0 Å². The first-order chi connectivity index (χ1) is 16.5. The molecule has 0 amide bonds. The Labute approximate surface area is 200 Å². The van der Waals surface area contributed by atoms with E-state index in [1.807, 2.05) is 45.8 Å². The summed E-state index contributed by atoms with van der Waals surface area (Å²) in [6, 6.07) is 13.2. The molecule has 0 N–H and O–H groups in total. The number of aromatic nitrogens is 6. The molecule has 1 aromatic carbocycles. The van der Waals surface area contributed by atoms with Crippen LogP contribution in [0.15, 0.2) is 71.9 Å². The first-order valence-corrected chi connectivity index (χ1v) is 12.0. The number of hydrogen-bond donors (Lipinski definition) is 0. The Morgan fingerprint density at radius 2 is 1.26 bits per heavy atom. The van der Waals surface area contributed by atoms with Crippen LogP contribution in [0.25, 0.3) is 10.3 Å². The topological polar surface area (TPSA) is 64.7 Å². The van der Waals surface area contributed by atoms with E-state index in [-0.39, 0.29) is 0 Å². The van der Waals surface area contributed by atoms with E-state index >= 15 is 0 Å². The zero-order chi connectivity index (χ0) is 23.5. The Kier molecular flexibility index (Phi) is 6.26. The summed E-state index contributed by atoms with van der Waals surface area (Å²) in [5, 5.41) is 17.7. The lowest BCUT2D eigenvalue weighted by atomic mass is 10.1. The first-order valence-electron chi connectivity index (χ1n) is 10.2. The molecule has 0 saturated heterocycles. The molecule has 0 spiro atoms. The largest absolute Gasteiger partial charge is 0.416 e. The summed E-state index contributed by atoms with van der Waals surface area (Å²) in [7, 11) is 0. The lowest BCUT2D eigenvalue weighted by Gasteiger charge is -2.24. The molecule has 174 valence electrons. The number of hydrogen-bond acceptors (Lipinski definition) is 7. The van der Waals surface area contributed by atoms with E-state index in [9.17, 15) is 13.2 Å². The SMILES string of the molecule is FC(F)(F)c1ccc(CN(Cc2cccn2-c2nncs2)Cc2cccn2-c2nncs2)cc1. The summed E-state index contributed by atoms with van der Waals surface area (Å²) < 4.78 is 43.0. The first kappa shape index (κ1) is 22.4. The summed E-state index contributed by atoms with van der Waals surface area (Å²) >= 11 is 2.87. The lowest BCUT2D eigenvalue weighted by Crippen LogP contribution is -2.25. The van der Waals surface area contributed by atoms with Gasteiger partial charge in [0.15, 0.2) is 0 Å². The number of alkyl halides is 3. The van der Waals surface area contributed by atoms with Gasteiger partial charge in [0.1, 0.15) is 11.0 Å². The van der Waals surface area contributed by atoms with Gasteiger partial charge >= 0.3 is 6.18 Å². The van der Waals surface area contributed by atoms with E-state index < -0.39 is 11.7 Å². The van der Waals surface area contributed by atoms with Gasteiger partial charge in [0, 0.05) is 43.4 Å². The molecule has 0 aliphatic rings. The van der Waals surface area contributed by atoms with Crippen molar-refractivity contribution in [3.8, 4) is 10.3 Å². The summed E-state index contributed by atoms with van der Waals surface area (Å²) in [5.74, 6) is 0. The molecule has 0 radical (unpaired) electrons. The highest BCUT2D eigenvalue weighted by atomic mass is 32.1. The van der Waals surface area contributed by atoms with Gasteiger partial charge in [0.2, 0.25) is 10.3 Å². The monoisotopic (exact) mass is 501 g/mol. The number of halogens is 3. The van der Waals surface area contributed by atoms with Gasteiger partial charge in [-0.3, -0.25) is 14.0 Å². The van der Waals surface area contributed by atoms with Crippen molar-refractivity contribution in [3.05, 3.63) is 94.5 Å². The van der Waals surface area contributed by atoms with Crippen molar-refractivity contribution in [2.45, 2.75) is 25.8 Å². The molecule has 4 heterocycles. The third kappa shape index (κ3) is 4.93. The van der Waals surface area contributed by atoms with E-state index in [1.54, 1.807) is 11.0 Å². The molecular formula is C22H18F3N7S2. The molecule has 0 saturated carbocycles. The maximum absolute atomic E-state index is 13.0. The third-order valence-corrected chi connectivity index (χ3v) is 6.61. The minimum Gasteiger partial charge on any atom is -0.294 e. The van der Waals surface area contributed by atoms with Gasteiger partial charge in [-0.1, -0.05) is 34.8 Å². The highest BCUT2D eigenvalue weighted by Crippen LogP contribution is 2.29. The zero-order valence-corrected chi connectivity index (χ0v) is 19.3. The second-order valence-corrected chi connectivity index (χ2v) is 9.14. The van der Waals surface area contributed by atoms with Crippen LogP contribution in [0.3, 0.4) is 0 Å². The van der Waals surface area contributed by atoms with E-state index in [2.05, 4.69) is 25.3 Å². The van der Waals surface area contributed by atoms with Crippen LogP contribution >= 0.6 is 22.7 Å². The molecule has 0 unspecified atom stereocenters. The van der Waals surface area contributed by atoms with Crippen molar-refractivity contribution in [1.29, 1.82) is 0 Å². The quantitative estimate of drug-likeness (QED) is 0.293. The van der Waals surface area contributed by atoms with Crippen LogP contribution in [0.4, 0.5) is 13.2 Å². The van der Waals surface area contributed by atoms with E-state index in [1.165, 1.54) is 34.8 Å². The average Bonchev–Trinajstić information content (AvgIpc) is 3.60. The molecule has 34 heavy (non-hydrogen) atoms. The van der Waals surface area contributed by atoms with Crippen LogP contribution < -0.4 is 0 Å². The van der Waals surface area contributed by atoms with E-state index in [0.29, 0.717) is 19.6 Å². The predicted octanol–water partition coefficient (Wildman–Crippen LogP) is 5.19. The standard InChI is InChI=1S/C22H18F3N7S2/c23-22(24,25)17-7-5-16(6-8-17)11-30(12-18-3-1-9-31(18)20-28-26-14-33-20)13-19-4-2-10-32(19)21-29-27-15-34-21/h1-10,14-15H,11-13H2. The fourth-order valence-corrected chi connectivity index (χ4v) is 4.84. The van der Waals surface area contributed by atoms with Gasteiger partial charge in [-0.2, -0.15) is 13.2 Å². The molecule has 12 heteroatoms. The van der Waals surface area contributed by atoms with E-state index in [4.69, 9.17) is 0 Å². The molecule has 7 nitrogen and oxygen atoms in total. The van der Waals surface area contributed by atoms with Crippen LogP contribution in [0.5, 0.6) is 0 Å². The zero-order valence-electron chi connectivity index (χ0n) is 17.6. The lowest BCUT2D eigenvalue weighted by molar-refractivity contribution is -0.137. The maximum Gasteiger partial charge on any atom is 0.416 e. The summed E-state index contributed by atoms with van der Waals surface area (Å²) in [6.07, 6.45) is -0.504. The Bertz CT molecular complexity index is 1250. The fourth-order valence-electron chi connectivity index (χ4n) is 3.69. The maximum atomic E-state index is 13.0. The molecule has 0 bridgehead atoms. The second kappa shape index (κ2) is 9.49. The number of benzene rings is 1. The molecular weight excluding hydrogens is 483 g/mol. The van der Waals surface area contributed by atoms with Crippen molar-refractivity contribution < 1.29 is 13.2 Å². The van der Waals surface area contributed by atoms with Gasteiger partial charge < -0.3 is 0 Å². The Hall–Kier alpha value is -3.35. The van der Waals surface area contributed by atoms with Gasteiger partial charge in [0.05, 0.1) is 5.56 Å². The van der Waals surface area contributed by atoms with Crippen LogP contribution in [0.1, 0.15) is 22.5 Å². The smallest absolute Gasteiger partial charge is 0.294 e. The van der Waals surface area contributed by atoms with Crippen LogP contribution in [0.2, 0.25) is 0 Å². The van der Waals surface area contributed by atoms with Crippen molar-refractivity contribution in [2.24, 2.45) is 0 Å². The van der Waals surface area contributed by atoms with Gasteiger partial charge in [-0.15, -0.1) is 20.4 Å². The summed E-state index contributed by atoms with van der Waals surface area (Å²) in [4.78, 5) is 2.17. The Balaban J connectivity index is 1.43. The highest BCUT2D eigenvalue weighted by Gasteiger charge is 2.30. The molecule has 0 fully saturated rings. The molecule has 0 aliphatic heterocycles. The van der Waals surface area contributed by atoms with Crippen LogP contribution in [-0.4, -0.2) is 34.4 Å². The number of nitrogens with zero attached hydrogens (tertiary/aromatic N) is 7. The molecule has 0 aliphatic carbocycles. The van der Waals surface area contributed by atoms with Crippen LogP contribution in [-0.2, 0) is 25.8 Å². The van der Waals surface area contributed by atoms with Crippen molar-refractivity contribution >= 4 is 22.7 Å². The number of rotatable bonds is 8. The average molecular weight is 502 g/mol. The van der Waals surface area contributed by atoms with Gasteiger partial charge in [0.25, 0.3) is 0 Å². The fraction of sp³-hybridized carbons (Fsp3) is 0.182. The normalized spacial score (nSPS) is 12.0. The van der Waals surface area contributed by atoms with E-state index in [0.717, 1.165) is 39.3 Å². The van der Waals surface area contributed by atoms with Crippen molar-refractivity contribution in [2.75, 3.05) is 0 Å². The van der Waals surface area contributed by atoms with Crippen molar-refractivity contribution in [3.63, 3.8) is 0 Å². The molecule has 4 aromatic heterocycles. The van der Waals surface area contributed by atoms with Crippen LogP contribution in [0, 0.1) is 0 Å². The molecule has 5 rings (SSSR count). The third-order valence-electron chi connectivity index (χ3n) is 5.23. The second-order valence-electron chi connectivity index (χ2n) is 7.52.